The summed E-state index contributed by atoms with van der Waals surface area (Å²) in [7, 11) is 1.78. The largest absolute Gasteiger partial charge is 0.496 e. The average molecular weight is 609 g/mol. The van der Waals surface area contributed by atoms with Crippen molar-refractivity contribution >= 4 is 22.8 Å². The Balaban J connectivity index is 1.53. The Morgan fingerprint density at radius 2 is 0.787 bits per heavy atom. The smallest absolute Gasteiger partial charge is 0.123 e. The van der Waals surface area contributed by atoms with Crippen LogP contribution in [0.5, 0.6) is 5.75 Å². The molecule has 3 nitrogen and oxygen atoms in total. The van der Waals surface area contributed by atoms with Crippen molar-refractivity contribution in [3.05, 3.63) is 149 Å². The van der Waals surface area contributed by atoms with E-state index in [9.17, 15) is 0 Å². The van der Waals surface area contributed by atoms with Crippen molar-refractivity contribution in [2.45, 2.75) is 33.9 Å². The maximum atomic E-state index is 6.02. The number of ether oxygens (including phenoxy) is 1. The second-order valence-corrected chi connectivity index (χ2v) is 12.9. The monoisotopic (exact) mass is 608 g/mol. The number of benzene rings is 6. The molecule has 0 unspecified atom stereocenters. The first-order chi connectivity index (χ1) is 23.0. The molecule has 0 fully saturated rings. The molecular weight excluding hydrogens is 572 g/mol. The van der Waals surface area contributed by atoms with Crippen LogP contribution in [-0.4, -0.2) is 13.3 Å². The van der Waals surface area contributed by atoms with Gasteiger partial charge in [0.25, 0.3) is 0 Å². The molecule has 0 bridgehead atoms. The summed E-state index contributed by atoms with van der Waals surface area (Å²) in [6, 6.07) is 44.8. The summed E-state index contributed by atoms with van der Waals surface area (Å²) in [5.41, 5.74) is 21.1. The van der Waals surface area contributed by atoms with Gasteiger partial charge in [0.2, 0.25) is 0 Å². The second kappa shape index (κ2) is 10.2. The Morgan fingerprint density at radius 1 is 0.426 bits per heavy atom. The second-order valence-electron chi connectivity index (χ2n) is 12.9. The summed E-state index contributed by atoms with van der Waals surface area (Å²) in [4.78, 5) is 5.24. The van der Waals surface area contributed by atoms with Crippen LogP contribution in [0, 0.1) is 20.8 Å². The number of hydrogen-bond acceptors (Lipinski definition) is 3. The van der Waals surface area contributed by atoms with Crippen LogP contribution in [0.2, 0.25) is 0 Å². The molecule has 9 rings (SSSR count). The minimum absolute atomic E-state index is 0.0413. The topological polar surface area (TPSA) is 15.7 Å². The lowest BCUT2D eigenvalue weighted by Gasteiger charge is -2.38. The van der Waals surface area contributed by atoms with Gasteiger partial charge in [0.15, 0.2) is 0 Å². The first-order valence-electron chi connectivity index (χ1n) is 16.5. The molecule has 0 radical (unpaired) electrons. The lowest BCUT2D eigenvalue weighted by Crippen LogP contribution is -2.39. The zero-order valence-corrected chi connectivity index (χ0v) is 27.4. The molecule has 3 aliphatic heterocycles. The number of rotatable bonds is 1. The highest BCUT2D eigenvalue weighted by atomic mass is 16.5. The van der Waals surface area contributed by atoms with Crippen LogP contribution < -0.4 is 14.5 Å². The van der Waals surface area contributed by atoms with Gasteiger partial charge in [-0.2, -0.15) is 0 Å². The molecule has 0 aromatic heterocycles. The third kappa shape index (κ3) is 3.74. The fraction of sp³-hybridized carbons (Fsp3) is 0.136. The van der Waals surface area contributed by atoms with E-state index >= 15 is 0 Å². The van der Waals surface area contributed by atoms with Crippen LogP contribution in [0.1, 0.15) is 34.7 Å². The first kappa shape index (κ1) is 27.7. The number of aryl methyl sites for hydroxylation is 1. The van der Waals surface area contributed by atoms with Gasteiger partial charge < -0.3 is 14.5 Å². The third-order valence-corrected chi connectivity index (χ3v) is 10.6. The maximum Gasteiger partial charge on any atom is 0.123 e. The zero-order valence-electron chi connectivity index (χ0n) is 27.4. The SMILES string of the molecule is COc1ccc2c(c1C)N1C(=C3c4ccccc4-c4ccccc4-c4ccc(C)c(C)c4N3[C@@H]1C)c1ccccc1-c1ccccc1-2. The molecule has 0 saturated carbocycles. The van der Waals surface area contributed by atoms with E-state index in [1.165, 1.54) is 89.5 Å². The first-order valence-corrected chi connectivity index (χ1v) is 16.5. The van der Waals surface area contributed by atoms with E-state index in [4.69, 9.17) is 4.74 Å². The zero-order chi connectivity index (χ0) is 32.0. The average Bonchev–Trinajstić information content (AvgIpc) is 3.38. The predicted molar refractivity (Wildman–Crippen MR) is 197 cm³/mol. The minimum Gasteiger partial charge on any atom is -0.496 e. The minimum atomic E-state index is -0.0413. The van der Waals surface area contributed by atoms with Crippen LogP contribution in [0.25, 0.3) is 55.9 Å². The standard InChI is InChI=1S/C44H36N2O/c1-26-22-23-38-34-18-8-6-14-30(34)32-16-10-12-20-36(32)43-44-37-21-13-11-17-33(37)31-15-7-9-19-35(31)39-24-25-40(47-5)28(3)42(39)46(44)29(4)45(43)41(38)27(26)2/h6-25,29H,1-5H3/t29-/m0/s1. The molecular formula is C44H36N2O. The predicted octanol–water partition coefficient (Wildman–Crippen LogP) is 11.1. The Labute approximate surface area is 277 Å². The lowest BCUT2D eigenvalue weighted by molar-refractivity contribution is 0.412. The molecule has 0 spiro atoms. The summed E-state index contributed by atoms with van der Waals surface area (Å²) in [6.07, 6.45) is -0.0413. The van der Waals surface area contributed by atoms with E-state index < -0.39 is 0 Å². The molecule has 0 aliphatic carbocycles. The van der Waals surface area contributed by atoms with Gasteiger partial charge in [-0.15, -0.1) is 0 Å². The lowest BCUT2D eigenvalue weighted by atomic mass is 9.84. The summed E-state index contributed by atoms with van der Waals surface area (Å²) in [5, 5.41) is 0. The molecule has 0 saturated heterocycles. The van der Waals surface area contributed by atoms with E-state index in [0.29, 0.717) is 0 Å². The maximum absolute atomic E-state index is 6.02. The van der Waals surface area contributed by atoms with Gasteiger partial charge in [0.05, 0.1) is 29.9 Å². The van der Waals surface area contributed by atoms with E-state index in [-0.39, 0.29) is 6.17 Å². The van der Waals surface area contributed by atoms with Crippen LogP contribution in [0.15, 0.2) is 121 Å². The van der Waals surface area contributed by atoms with Crippen LogP contribution in [-0.2, 0) is 0 Å². The van der Waals surface area contributed by atoms with Gasteiger partial charge >= 0.3 is 0 Å². The third-order valence-electron chi connectivity index (χ3n) is 10.6. The Bertz CT molecular complexity index is 2310. The van der Waals surface area contributed by atoms with Crippen molar-refractivity contribution in [2.24, 2.45) is 0 Å². The molecule has 0 N–H and O–H groups in total. The molecule has 0 amide bonds. The molecule has 1 atom stereocenters. The molecule has 47 heavy (non-hydrogen) atoms. The van der Waals surface area contributed by atoms with Gasteiger partial charge in [-0.3, -0.25) is 0 Å². The normalized spacial score (nSPS) is 15.4. The molecule has 3 aliphatic rings. The van der Waals surface area contributed by atoms with Crippen molar-refractivity contribution in [1.82, 2.24) is 0 Å². The molecule has 228 valence electrons. The fourth-order valence-electron chi connectivity index (χ4n) is 8.34. The van der Waals surface area contributed by atoms with E-state index in [1.54, 1.807) is 7.11 Å². The van der Waals surface area contributed by atoms with Crippen LogP contribution in [0.4, 0.5) is 11.4 Å². The summed E-state index contributed by atoms with van der Waals surface area (Å²) in [6.45, 7) is 9.11. The van der Waals surface area contributed by atoms with Crippen molar-refractivity contribution in [3.8, 4) is 50.3 Å². The highest BCUT2D eigenvalue weighted by Gasteiger charge is 2.45. The van der Waals surface area contributed by atoms with E-state index in [0.717, 1.165) is 11.3 Å². The van der Waals surface area contributed by atoms with Crippen molar-refractivity contribution < 1.29 is 4.74 Å². The number of methoxy groups -OCH3 is 1. The molecule has 3 heteroatoms. The highest BCUT2D eigenvalue weighted by molar-refractivity contribution is 6.16. The highest BCUT2D eigenvalue weighted by Crippen LogP contribution is 2.58. The number of anilines is 2. The van der Waals surface area contributed by atoms with Crippen LogP contribution in [0.3, 0.4) is 0 Å². The van der Waals surface area contributed by atoms with Crippen molar-refractivity contribution in [3.63, 3.8) is 0 Å². The van der Waals surface area contributed by atoms with Crippen LogP contribution >= 0.6 is 0 Å². The summed E-state index contributed by atoms with van der Waals surface area (Å²) < 4.78 is 6.02. The van der Waals surface area contributed by atoms with Gasteiger partial charge in [0, 0.05) is 27.8 Å². The Hall–Kier alpha value is -5.54. The van der Waals surface area contributed by atoms with Gasteiger partial charge in [-0.05, 0) is 84.3 Å². The van der Waals surface area contributed by atoms with Crippen molar-refractivity contribution in [2.75, 3.05) is 16.9 Å². The quantitative estimate of drug-likeness (QED) is 0.185. The number of nitrogens with zero attached hydrogens (tertiary/aromatic N) is 2. The summed E-state index contributed by atoms with van der Waals surface area (Å²) in [5.74, 6) is 0.895. The molecule has 6 aromatic rings. The van der Waals surface area contributed by atoms with E-state index in [2.05, 4.69) is 159 Å². The van der Waals surface area contributed by atoms with Gasteiger partial charge in [-0.25, -0.2) is 0 Å². The number of hydrogen-bond donors (Lipinski definition) is 0. The molecule has 6 aromatic carbocycles. The number of fused-ring (bicyclic) bond motifs is 16. The van der Waals surface area contributed by atoms with Gasteiger partial charge in [0.1, 0.15) is 11.9 Å². The van der Waals surface area contributed by atoms with Gasteiger partial charge in [-0.1, -0.05) is 109 Å². The molecule has 3 heterocycles. The Kier molecular flexibility index (Phi) is 6.04. The fourth-order valence-corrected chi connectivity index (χ4v) is 8.34. The van der Waals surface area contributed by atoms with E-state index in [1.807, 2.05) is 0 Å². The summed E-state index contributed by atoms with van der Waals surface area (Å²) >= 11 is 0. The Morgan fingerprint density at radius 3 is 1.23 bits per heavy atom. The van der Waals surface area contributed by atoms with Crippen molar-refractivity contribution in [1.29, 1.82) is 0 Å².